The van der Waals surface area contributed by atoms with E-state index < -0.39 is 0 Å². The monoisotopic (exact) mass is 342 g/mol. The summed E-state index contributed by atoms with van der Waals surface area (Å²) in [5, 5.41) is 5.95. The van der Waals surface area contributed by atoms with E-state index in [2.05, 4.69) is 10.6 Å². The third kappa shape index (κ3) is 3.14. The number of aryl methyl sites for hydroxylation is 1. The second kappa shape index (κ2) is 6.41. The van der Waals surface area contributed by atoms with E-state index in [9.17, 15) is 14.0 Å². The Hall–Kier alpha value is -2.73. The molecule has 0 aliphatic rings. The Bertz CT molecular complexity index is 932. The molecule has 0 radical (unpaired) electrons. The van der Waals surface area contributed by atoms with Crippen molar-refractivity contribution < 1.29 is 14.0 Å². The van der Waals surface area contributed by atoms with Gasteiger partial charge in [-0.05, 0) is 48.9 Å². The summed E-state index contributed by atoms with van der Waals surface area (Å²) in [5.41, 5.74) is 1.90. The molecule has 2 N–H and O–H groups in total. The lowest BCUT2D eigenvalue weighted by Gasteiger charge is -2.06. The van der Waals surface area contributed by atoms with E-state index in [-0.39, 0.29) is 17.6 Å². The fourth-order valence-corrected chi connectivity index (χ4v) is 3.62. The largest absolute Gasteiger partial charge is 0.326 e. The zero-order chi connectivity index (χ0) is 17.3. The van der Waals surface area contributed by atoms with Crippen LogP contribution in [0, 0.1) is 12.7 Å². The van der Waals surface area contributed by atoms with Crippen LogP contribution in [0.5, 0.6) is 0 Å². The molecule has 1 aromatic heterocycles. The van der Waals surface area contributed by atoms with Gasteiger partial charge < -0.3 is 10.6 Å². The van der Waals surface area contributed by atoms with E-state index in [0.29, 0.717) is 27.2 Å². The number of halogens is 1. The van der Waals surface area contributed by atoms with Gasteiger partial charge in [0.25, 0.3) is 5.91 Å². The molecular formula is C18H15FN2O2S. The first-order valence-corrected chi connectivity index (χ1v) is 8.14. The minimum atomic E-state index is -0.319. The number of thiophene rings is 1. The maximum absolute atomic E-state index is 13.9. The lowest BCUT2D eigenvalue weighted by Crippen LogP contribution is -2.11. The number of benzene rings is 2. The van der Waals surface area contributed by atoms with Crippen molar-refractivity contribution in [1.29, 1.82) is 0 Å². The molecule has 1 heterocycles. The highest BCUT2D eigenvalue weighted by Gasteiger charge is 2.17. The molecule has 0 atom stereocenters. The molecule has 3 rings (SSSR count). The number of amides is 2. The quantitative estimate of drug-likeness (QED) is 0.733. The normalized spacial score (nSPS) is 10.6. The van der Waals surface area contributed by atoms with E-state index >= 15 is 0 Å². The molecule has 0 spiro atoms. The van der Waals surface area contributed by atoms with Crippen LogP contribution in [0.2, 0.25) is 0 Å². The number of hydrogen-bond acceptors (Lipinski definition) is 3. The van der Waals surface area contributed by atoms with Crippen molar-refractivity contribution in [2.24, 2.45) is 0 Å². The summed E-state index contributed by atoms with van der Waals surface area (Å²) in [7, 11) is 0. The molecule has 0 fully saturated rings. The van der Waals surface area contributed by atoms with Gasteiger partial charge in [-0.15, -0.1) is 11.3 Å². The molecule has 0 saturated carbocycles. The Morgan fingerprint density at radius 3 is 2.21 bits per heavy atom. The van der Waals surface area contributed by atoms with Crippen molar-refractivity contribution in [3.05, 3.63) is 58.7 Å². The lowest BCUT2D eigenvalue weighted by molar-refractivity contribution is -0.114. The predicted octanol–water partition coefficient (Wildman–Crippen LogP) is 4.56. The number of rotatable bonds is 3. The van der Waals surface area contributed by atoms with Gasteiger partial charge in [0.05, 0.1) is 4.88 Å². The van der Waals surface area contributed by atoms with Crippen LogP contribution >= 0.6 is 11.3 Å². The van der Waals surface area contributed by atoms with Crippen molar-refractivity contribution in [2.45, 2.75) is 13.8 Å². The van der Waals surface area contributed by atoms with Crippen LogP contribution in [-0.4, -0.2) is 11.8 Å². The fraction of sp³-hybridized carbons (Fsp3) is 0.111. The number of carbonyl (C=O) groups excluding carboxylic acids is 2. The molecule has 2 aromatic carbocycles. The predicted molar refractivity (Wildman–Crippen MR) is 95.2 cm³/mol. The zero-order valence-electron chi connectivity index (χ0n) is 13.1. The molecule has 3 aromatic rings. The average Bonchev–Trinajstić information content (AvgIpc) is 2.87. The van der Waals surface area contributed by atoms with Gasteiger partial charge in [0.15, 0.2) is 0 Å². The summed E-state index contributed by atoms with van der Waals surface area (Å²) < 4.78 is 14.7. The minimum Gasteiger partial charge on any atom is -0.326 e. The first kappa shape index (κ1) is 16.1. The van der Waals surface area contributed by atoms with Gasteiger partial charge in [-0.2, -0.15) is 0 Å². The van der Waals surface area contributed by atoms with Gasteiger partial charge >= 0.3 is 0 Å². The van der Waals surface area contributed by atoms with Crippen molar-refractivity contribution in [1.82, 2.24) is 0 Å². The molecule has 0 aliphatic carbocycles. The van der Waals surface area contributed by atoms with Crippen molar-refractivity contribution >= 4 is 44.6 Å². The van der Waals surface area contributed by atoms with Gasteiger partial charge in [-0.25, -0.2) is 4.39 Å². The van der Waals surface area contributed by atoms with Gasteiger partial charge in [0.2, 0.25) is 5.91 Å². The van der Waals surface area contributed by atoms with Crippen LogP contribution in [0.25, 0.3) is 10.1 Å². The first-order chi connectivity index (χ1) is 11.5. The second-order valence-electron chi connectivity index (χ2n) is 5.38. The summed E-state index contributed by atoms with van der Waals surface area (Å²) in [6.45, 7) is 3.18. The van der Waals surface area contributed by atoms with Crippen LogP contribution < -0.4 is 10.6 Å². The highest BCUT2D eigenvalue weighted by atomic mass is 32.1. The van der Waals surface area contributed by atoms with E-state index in [1.807, 2.05) is 0 Å². The highest BCUT2D eigenvalue weighted by molar-refractivity contribution is 7.21. The number of anilines is 2. The van der Waals surface area contributed by atoms with Crippen LogP contribution in [0.3, 0.4) is 0 Å². The maximum atomic E-state index is 13.9. The molecule has 0 aliphatic heterocycles. The molecule has 0 bridgehead atoms. The molecule has 122 valence electrons. The summed E-state index contributed by atoms with van der Waals surface area (Å²) in [6.07, 6.45) is 0. The highest BCUT2D eigenvalue weighted by Crippen LogP contribution is 2.33. The van der Waals surface area contributed by atoms with E-state index in [4.69, 9.17) is 0 Å². The molecule has 0 unspecified atom stereocenters. The number of nitrogens with one attached hydrogen (secondary N) is 2. The Balaban J connectivity index is 1.84. The third-order valence-corrected chi connectivity index (χ3v) is 4.83. The number of carbonyl (C=O) groups is 2. The van der Waals surface area contributed by atoms with Crippen LogP contribution in [-0.2, 0) is 4.79 Å². The molecule has 0 saturated heterocycles. The van der Waals surface area contributed by atoms with Crippen LogP contribution in [0.4, 0.5) is 15.8 Å². The van der Waals surface area contributed by atoms with Gasteiger partial charge in [0.1, 0.15) is 5.82 Å². The molecule has 6 heteroatoms. The van der Waals surface area contributed by atoms with E-state index in [1.54, 1.807) is 43.3 Å². The summed E-state index contributed by atoms with van der Waals surface area (Å²) in [6, 6.07) is 11.6. The number of fused-ring (bicyclic) bond motifs is 1. The fourth-order valence-electron chi connectivity index (χ4n) is 2.50. The third-order valence-electron chi connectivity index (χ3n) is 3.57. The standard InChI is InChI=1S/C18H15FN2O2S/c1-10-16-14(19)4-3-5-15(16)24-17(10)18(23)21-13-8-6-12(7-9-13)20-11(2)22/h3-9H,1-2H3,(H,20,22)(H,21,23). The smallest absolute Gasteiger partial charge is 0.266 e. The van der Waals surface area contributed by atoms with Crippen LogP contribution in [0.15, 0.2) is 42.5 Å². The Morgan fingerprint density at radius 1 is 1.00 bits per heavy atom. The molecule has 24 heavy (non-hydrogen) atoms. The van der Waals surface area contributed by atoms with Crippen molar-refractivity contribution in [3.8, 4) is 0 Å². The molecule has 4 nitrogen and oxygen atoms in total. The van der Waals surface area contributed by atoms with Gasteiger partial charge in [0, 0.05) is 28.4 Å². The summed E-state index contributed by atoms with van der Waals surface area (Å²) in [5.74, 6) is -0.755. The number of hydrogen-bond donors (Lipinski definition) is 2. The zero-order valence-corrected chi connectivity index (χ0v) is 14.0. The van der Waals surface area contributed by atoms with E-state index in [0.717, 1.165) is 4.70 Å². The van der Waals surface area contributed by atoms with Gasteiger partial charge in [-0.1, -0.05) is 6.07 Å². The lowest BCUT2D eigenvalue weighted by atomic mass is 10.1. The second-order valence-corrected chi connectivity index (χ2v) is 6.43. The minimum absolute atomic E-state index is 0.158. The maximum Gasteiger partial charge on any atom is 0.266 e. The average molecular weight is 342 g/mol. The SMILES string of the molecule is CC(=O)Nc1ccc(NC(=O)c2sc3cccc(F)c3c2C)cc1. The Morgan fingerprint density at radius 2 is 1.62 bits per heavy atom. The molecule has 2 amide bonds. The Labute approximate surface area is 142 Å². The van der Waals surface area contributed by atoms with Gasteiger partial charge in [-0.3, -0.25) is 9.59 Å². The van der Waals surface area contributed by atoms with Crippen LogP contribution in [0.1, 0.15) is 22.2 Å². The van der Waals surface area contributed by atoms with E-state index in [1.165, 1.54) is 24.3 Å². The molecular weight excluding hydrogens is 327 g/mol. The summed E-state index contributed by atoms with van der Waals surface area (Å²) in [4.78, 5) is 24.0. The van der Waals surface area contributed by atoms with Crippen molar-refractivity contribution in [2.75, 3.05) is 10.6 Å². The van der Waals surface area contributed by atoms with Crippen molar-refractivity contribution in [3.63, 3.8) is 0 Å². The first-order valence-electron chi connectivity index (χ1n) is 7.32. The topological polar surface area (TPSA) is 58.2 Å². The summed E-state index contributed by atoms with van der Waals surface area (Å²) >= 11 is 1.27. The Kier molecular flexibility index (Phi) is 4.31.